The predicted octanol–water partition coefficient (Wildman–Crippen LogP) is 4.50. The monoisotopic (exact) mass is 441 g/mol. The maximum Gasteiger partial charge on any atom is 0.253 e. The van der Waals surface area contributed by atoms with Crippen LogP contribution in [0.5, 0.6) is 0 Å². The molecule has 0 saturated carbocycles. The first kappa shape index (κ1) is 23.5. The molecule has 0 spiro atoms. The van der Waals surface area contributed by atoms with Crippen LogP contribution in [0.15, 0.2) is 12.1 Å². The van der Waals surface area contributed by atoms with E-state index in [2.05, 4.69) is 10.6 Å². The maximum atomic E-state index is 12.9. The average Bonchev–Trinajstić information content (AvgIpc) is 2.64. The standard InChI is InChI=1S/C21H29Cl2N3O3/c1-4-5-18(27)25-20-16(11-14(22)12-17(20)23)21(29)24-15-6-8-26(9-7-15)19(28)10-13(2)3/h11-13,15H,4-10H2,1-3H3,(H,24,29)(H,25,27). The number of benzene rings is 1. The van der Waals surface area contributed by atoms with Gasteiger partial charge in [-0.15, -0.1) is 0 Å². The van der Waals surface area contributed by atoms with Crippen LogP contribution in [-0.4, -0.2) is 41.8 Å². The van der Waals surface area contributed by atoms with Crippen molar-refractivity contribution in [1.29, 1.82) is 0 Å². The van der Waals surface area contributed by atoms with Gasteiger partial charge in [0.1, 0.15) is 0 Å². The number of rotatable bonds is 7. The third-order valence-electron chi connectivity index (χ3n) is 4.81. The highest BCUT2D eigenvalue weighted by Crippen LogP contribution is 2.31. The first-order valence-electron chi connectivity index (χ1n) is 10.1. The number of hydrogen-bond donors (Lipinski definition) is 2. The Kier molecular flexibility index (Phi) is 8.78. The zero-order valence-electron chi connectivity index (χ0n) is 17.2. The van der Waals surface area contributed by atoms with Gasteiger partial charge in [0.15, 0.2) is 0 Å². The summed E-state index contributed by atoms with van der Waals surface area (Å²) in [5.41, 5.74) is 0.516. The molecule has 1 saturated heterocycles. The molecule has 2 N–H and O–H groups in total. The smallest absolute Gasteiger partial charge is 0.253 e. The first-order valence-corrected chi connectivity index (χ1v) is 10.8. The number of hydrogen-bond acceptors (Lipinski definition) is 3. The van der Waals surface area contributed by atoms with Gasteiger partial charge in [-0.25, -0.2) is 0 Å². The minimum absolute atomic E-state index is 0.0532. The number of carbonyl (C=O) groups is 3. The fraction of sp³-hybridized carbons (Fsp3) is 0.571. The molecule has 0 atom stereocenters. The normalized spacial score (nSPS) is 14.8. The summed E-state index contributed by atoms with van der Waals surface area (Å²) in [5.74, 6) is -0.0583. The van der Waals surface area contributed by atoms with E-state index in [1.807, 2.05) is 25.7 Å². The molecular weight excluding hydrogens is 413 g/mol. The van der Waals surface area contributed by atoms with Gasteiger partial charge in [-0.3, -0.25) is 14.4 Å². The van der Waals surface area contributed by atoms with Crippen molar-refractivity contribution in [2.75, 3.05) is 18.4 Å². The molecule has 3 amide bonds. The van der Waals surface area contributed by atoms with E-state index >= 15 is 0 Å². The molecule has 0 radical (unpaired) electrons. The Morgan fingerprint density at radius 1 is 1.17 bits per heavy atom. The fourth-order valence-electron chi connectivity index (χ4n) is 3.32. The van der Waals surface area contributed by atoms with Crippen molar-refractivity contribution in [3.63, 3.8) is 0 Å². The van der Waals surface area contributed by atoms with Crippen molar-refractivity contribution >= 4 is 46.6 Å². The Morgan fingerprint density at radius 2 is 1.83 bits per heavy atom. The lowest BCUT2D eigenvalue weighted by Gasteiger charge is -2.33. The highest BCUT2D eigenvalue weighted by Gasteiger charge is 2.26. The number of piperidine rings is 1. The van der Waals surface area contributed by atoms with Crippen LogP contribution in [0, 0.1) is 5.92 Å². The van der Waals surface area contributed by atoms with Crippen molar-refractivity contribution in [1.82, 2.24) is 10.2 Å². The molecule has 0 aromatic heterocycles. The zero-order chi connectivity index (χ0) is 21.6. The Hall–Kier alpha value is -1.79. The molecule has 8 heteroatoms. The summed E-state index contributed by atoms with van der Waals surface area (Å²) in [7, 11) is 0. The number of nitrogens with one attached hydrogen (secondary N) is 2. The van der Waals surface area contributed by atoms with Crippen molar-refractivity contribution in [3.05, 3.63) is 27.7 Å². The largest absolute Gasteiger partial charge is 0.349 e. The van der Waals surface area contributed by atoms with E-state index in [1.54, 1.807) is 0 Å². The summed E-state index contributed by atoms with van der Waals surface area (Å²) in [4.78, 5) is 39.0. The molecule has 6 nitrogen and oxygen atoms in total. The van der Waals surface area contributed by atoms with Gasteiger partial charge in [0.25, 0.3) is 5.91 Å². The molecule has 1 heterocycles. The molecule has 0 unspecified atom stereocenters. The molecule has 1 aromatic carbocycles. The molecule has 1 fully saturated rings. The summed E-state index contributed by atoms with van der Waals surface area (Å²) >= 11 is 12.3. The maximum absolute atomic E-state index is 12.9. The van der Waals surface area contributed by atoms with Gasteiger partial charge in [0.05, 0.1) is 16.3 Å². The van der Waals surface area contributed by atoms with E-state index in [-0.39, 0.29) is 40.0 Å². The molecular formula is C21H29Cl2N3O3. The van der Waals surface area contributed by atoms with Gasteiger partial charge in [0, 0.05) is 37.0 Å². The van der Waals surface area contributed by atoms with Crippen LogP contribution in [0.25, 0.3) is 0 Å². The second-order valence-electron chi connectivity index (χ2n) is 7.83. The zero-order valence-corrected chi connectivity index (χ0v) is 18.7. The second kappa shape index (κ2) is 10.8. The third-order valence-corrected chi connectivity index (χ3v) is 5.32. The van der Waals surface area contributed by atoms with Crippen LogP contribution in [-0.2, 0) is 9.59 Å². The quantitative estimate of drug-likeness (QED) is 0.653. The molecule has 160 valence electrons. The van der Waals surface area contributed by atoms with Gasteiger partial charge < -0.3 is 15.5 Å². The molecule has 29 heavy (non-hydrogen) atoms. The summed E-state index contributed by atoms with van der Waals surface area (Å²) in [5, 5.41) is 6.26. The highest BCUT2D eigenvalue weighted by atomic mass is 35.5. The molecule has 1 aliphatic heterocycles. The van der Waals surface area contributed by atoms with Crippen LogP contribution in [0.1, 0.15) is 63.2 Å². The Morgan fingerprint density at radius 3 is 2.41 bits per heavy atom. The van der Waals surface area contributed by atoms with Crippen LogP contribution in [0.3, 0.4) is 0 Å². The molecule has 1 aromatic rings. The second-order valence-corrected chi connectivity index (χ2v) is 8.68. The molecule has 2 rings (SSSR count). The van der Waals surface area contributed by atoms with Crippen LogP contribution in [0.2, 0.25) is 10.0 Å². The SMILES string of the molecule is CCCC(=O)Nc1c(Cl)cc(Cl)cc1C(=O)NC1CCN(C(=O)CC(C)C)CC1. The molecule has 1 aliphatic rings. The summed E-state index contributed by atoms with van der Waals surface area (Å²) in [6.07, 6.45) is 2.93. The Balaban J connectivity index is 2.04. The summed E-state index contributed by atoms with van der Waals surface area (Å²) in [6, 6.07) is 2.95. The van der Waals surface area contributed by atoms with E-state index < -0.39 is 0 Å². The number of nitrogens with zero attached hydrogens (tertiary/aromatic N) is 1. The Bertz CT molecular complexity index is 760. The third kappa shape index (κ3) is 6.89. The lowest BCUT2D eigenvalue weighted by Crippen LogP contribution is -2.46. The van der Waals surface area contributed by atoms with E-state index in [0.29, 0.717) is 56.1 Å². The summed E-state index contributed by atoms with van der Waals surface area (Å²) < 4.78 is 0. The highest BCUT2D eigenvalue weighted by molar-refractivity contribution is 6.38. The van der Waals surface area contributed by atoms with E-state index in [4.69, 9.17) is 23.2 Å². The first-order chi connectivity index (χ1) is 13.7. The van der Waals surface area contributed by atoms with Crippen molar-refractivity contribution in [3.8, 4) is 0 Å². The van der Waals surface area contributed by atoms with Crippen molar-refractivity contribution in [2.45, 2.75) is 58.9 Å². The van der Waals surface area contributed by atoms with Crippen LogP contribution in [0.4, 0.5) is 5.69 Å². The van der Waals surface area contributed by atoms with E-state index in [1.165, 1.54) is 12.1 Å². The lowest BCUT2D eigenvalue weighted by atomic mass is 10.0. The number of amides is 3. The fourth-order valence-corrected chi connectivity index (χ4v) is 3.86. The average molecular weight is 442 g/mol. The number of halogens is 2. The van der Waals surface area contributed by atoms with Gasteiger partial charge in [-0.1, -0.05) is 44.0 Å². The summed E-state index contributed by atoms with van der Waals surface area (Å²) in [6.45, 7) is 7.18. The molecule has 0 bridgehead atoms. The number of carbonyl (C=O) groups excluding carboxylic acids is 3. The molecule has 0 aliphatic carbocycles. The van der Waals surface area contributed by atoms with Gasteiger partial charge in [-0.05, 0) is 37.3 Å². The lowest BCUT2D eigenvalue weighted by molar-refractivity contribution is -0.133. The van der Waals surface area contributed by atoms with Crippen molar-refractivity contribution < 1.29 is 14.4 Å². The van der Waals surface area contributed by atoms with E-state index in [9.17, 15) is 14.4 Å². The minimum Gasteiger partial charge on any atom is -0.349 e. The van der Waals surface area contributed by atoms with Gasteiger partial charge in [-0.2, -0.15) is 0 Å². The van der Waals surface area contributed by atoms with E-state index in [0.717, 1.165) is 0 Å². The van der Waals surface area contributed by atoms with Gasteiger partial charge in [0.2, 0.25) is 11.8 Å². The number of likely N-dealkylation sites (tertiary alicyclic amines) is 1. The van der Waals surface area contributed by atoms with Crippen molar-refractivity contribution in [2.24, 2.45) is 5.92 Å². The topological polar surface area (TPSA) is 78.5 Å². The minimum atomic E-state index is -0.340. The number of anilines is 1. The Labute approximate surface area is 182 Å². The van der Waals surface area contributed by atoms with Gasteiger partial charge >= 0.3 is 0 Å². The van der Waals surface area contributed by atoms with Crippen LogP contribution < -0.4 is 10.6 Å². The van der Waals surface area contributed by atoms with Crippen LogP contribution >= 0.6 is 23.2 Å². The predicted molar refractivity (Wildman–Crippen MR) is 117 cm³/mol.